The van der Waals surface area contributed by atoms with Crippen molar-refractivity contribution < 1.29 is 23.1 Å². The Balaban J connectivity index is 2.19. The van der Waals surface area contributed by atoms with E-state index in [-0.39, 0.29) is 17.2 Å². The van der Waals surface area contributed by atoms with Gasteiger partial charge in [0, 0.05) is 14.9 Å². The number of thioether (sulfide) groups is 1. The van der Waals surface area contributed by atoms with Gasteiger partial charge >= 0.3 is 5.97 Å². The second-order valence-corrected chi connectivity index (χ2v) is 8.74. The Hall–Kier alpha value is -1.93. The summed E-state index contributed by atoms with van der Waals surface area (Å²) >= 11 is 4.57. The van der Waals surface area contributed by atoms with Crippen LogP contribution in [0.1, 0.15) is 49.9 Å². The molecule has 2 aromatic rings. The lowest BCUT2D eigenvalue weighted by atomic mass is 10.2. The van der Waals surface area contributed by atoms with Crippen molar-refractivity contribution in [2.24, 2.45) is 0 Å². The normalized spacial score (nSPS) is 11.8. The predicted octanol–water partition coefficient (Wildman–Crippen LogP) is 6.58. The molecule has 162 valence electrons. The molecular weight excluding hydrogens is 476 g/mol. The van der Waals surface area contributed by atoms with Crippen LogP contribution in [0.15, 0.2) is 45.8 Å². The molecule has 0 aliphatic heterocycles. The lowest BCUT2D eigenvalue weighted by molar-refractivity contribution is -0.143. The van der Waals surface area contributed by atoms with Crippen LogP contribution >= 0.6 is 27.7 Å². The van der Waals surface area contributed by atoms with Crippen molar-refractivity contribution in [1.82, 2.24) is 0 Å². The van der Waals surface area contributed by atoms with E-state index >= 15 is 0 Å². The van der Waals surface area contributed by atoms with Crippen LogP contribution in [0.2, 0.25) is 0 Å². The standard InChI is InChI=1S/C22H24BrF2NO3S/c1-3-5-10-29-22(28)19(7-4-2)30-20-13-18(17(25)12-16(20)23)26-21(27)14-8-6-9-15(24)11-14/h6,8-9,11-13,19H,3-5,7,10H2,1-2H3,(H,26,27). The summed E-state index contributed by atoms with van der Waals surface area (Å²) in [4.78, 5) is 25.4. The maximum atomic E-state index is 14.4. The molecule has 0 saturated heterocycles. The van der Waals surface area contributed by atoms with Crippen molar-refractivity contribution in [2.45, 2.75) is 49.7 Å². The van der Waals surface area contributed by atoms with Gasteiger partial charge < -0.3 is 10.1 Å². The summed E-state index contributed by atoms with van der Waals surface area (Å²) in [5, 5.41) is 2.02. The molecule has 0 bridgehead atoms. The molecule has 1 amide bonds. The fraction of sp³-hybridized carbons (Fsp3) is 0.364. The number of nitrogens with one attached hydrogen (secondary N) is 1. The molecule has 0 radical (unpaired) electrons. The lowest BCUT2D eigenvalue weighted by Crippen LogP contribution is -2.21. The fourth-order valence-corrected chi connectivity index (χ4v) is 4.37. The van der Waals surface area contributed by atoms with E-state index in [1.165, 1.54) is 42.1 Å². The monoisotopic (exact) mass is 499 g/mol. The highest BCUT2D eigenvalue weighted by Crippen LogP contribution is 2.36. The summed E-state index contributed by atoms with van der Waals surface area (Å²) in [6.45, 7) is 4.36. The quantitative estimate of drug-likeness (QED) is 0.227. The topological polar surface area (TPSA) is 55.4 Å². The smallest absolute Gasteiger partial charge is 0.319 e. The van der Waals surface area contributed by atoms with E-state index in [0.717, 1.165) is 25.3 Å². The van der Waals surface area contributed by atoms with E-state index in [9.17, 15) is 18.4 Å². The van der Waals surface area contributed by atoms with Gasteiger partial charge in [-0.3, -0.25) is 9.59 Å². The van der Waals surface area contributed by atoms with E-state index in [4.69, 9.17) is 4.74 Å². The van der Waals surface area contributed by atoms with Gasteiger partial charge in [0.2, 0.25) is 0 Å². The molecule has 0 saturated carbocycles. The first-order valence-corrected chi connectivity index (χ1v) is 11.4. The molecule has 1 unspecified atom stereocenters. The Morgan fingerprint density at radius 3 is 2.60 bits per heavy atom. The molecule has 0 spiro atoms. The molecule has 1 N–H and O–H groups in total. The summed E-state index contributed by atoms with van der Waals surface area (Å²) in [6.07, 6.45) is 3.11. The molecular formula is C22H24BrF2NO3S. The lowest BCUT2D eigenvalue weighted by Gasteiger charge is -2.17. The van der Waals surface area contributed by atoms with E-state index in [2.05, 4.69) is 21.2 Å². The third-order valence-electron chi connectivity index (χ3n) is 4.18. The van der Waals surface area contributed by atoms with E-state index in [1.54, 1.807) is 0 Å². The molecule has 0 aliphatic carbocycles. The summed E-state index contributed by atoms with van der Waals surface area (Å²) in [6, 6.07) is 7.83. The number of hydrogen-bond acceptors (Lipinski definition) is 4. The number of carbonyl (C=O) groups is 2. The van der Waals surface area contributed by atoms with Gasteiger partial charge in [0.15, 0.2) is 0 Å². The maximum Gasteiger partial charge on any atom is 0.319 e. The third-order valence-corrected chi connectivity index (χ3v) is 6.40. The maximum absolute atomic E-state index is 14.4. The Morgan fingerprint density at radius 1 is 1.17 bits per heavy atom. The van der Waals surface area contributed by atoms with Crippen molar-refractivity contribution in [3.8, 4) is 0 Å². The van der Waals surface area contributed by atoms with Gasteiger partial charge in [-0.25, -0.2) is 8.78 Å². The molecule has 0 aliphatic rings. The number of halogens is 3. The zero-order valence-corrected chi connectivity index (χ0v) is 19.2. The van der Waals surface area contributed by atoms with Gasteiger partial charge in [-0.1, -0.05) is 32.8 Å². The number of amides is 1. The van der Waals surface area contributed by atoms with E-state index < -0.39 is 22.8 Å². The van der Waals surface area contributed by atoms with Crippen LogP contribution in [0.25, 0.3) is 0 Å². The average Bonchev–Trinajstić information content (AvgIpc) is 2.71. The first kappa shape index (κ1) is 24.3. The molecule has 0 heterocycles. The summed E-state index contributed by atoms with van der Waals surface area (Å²) < 4.78 is 33.6. The third kappa shape index (κ3) is 7.09. The summed E-state index contributed by atoms with van der Waals surface area (Å²) in [5.74, 6) is -2.14. The second-order valence-electron chi connectivity index (χ2n) is 6.64. The van der Waals surface area contributed by atoms with Crippen molar-refractivity contribution in [3.05, 3.63) is 58.1 Å². The van der Waals surface area contributed by atoms with Crippen molar-refractivity contribution in [3.63, 3.8) is 0 Å². The minimum Gasteiger partial charge on any atom is -0.465 e. The molecule has 2 aromatic carbocycles. The van der Waals surface area contributed by atoms with Crippen molar-refractivity contribution in [1.29, 1.82) is 0 Å². The van der Waals surface area contributed by atoms with Gasteiger partial charge in [-0.2, -0.15) is 0 Å². The predicted molar refractivity (Wildman–Crippen MR) is 119 cm³/mol. The Bertz CT molecular complexity index is 895. The zero-order chi connectivity index (χ0) is 22.1. The number of unbranched alkanes of at least 4 members (excludes halogenated alkanes) is 1. The Labute approximate surface area is 187 Å². The van der Waals surface area contributed by atoms with Gasteiger partial charge in [0.25, 0.3) is 5.91 Å². The van der Waals surface area contributed by atoms with Crippen LogP contribution in [0.5, 0.6) is 0 Å². The van der Waals surface area contributed by atoms with Gasteiger partial charge in [-0.05, 0) is 59.1 Å². The van der Waals surface area contributed by atoms with Gasteiger partial charge in [-0.15, -0.1) is 11.8 Å². The molecule has 4 nitrogen and oxygen atoms in total. The van der Waals surface area contributed by atoms with Crippen LogP contribution in [0.4, 0.5) is 14.5 Å². The number of hydrogen-bond donors (Lipinski definition) is 1. The van der Waals surface area contributed by atoms with Gasteiger partial charge in [0.05, 0.1) is 12.3 Å². The van der Waals surface area contributed by atoms with Crippen LogP contribution in [0.3, 0.4) is 0 Å². The van der Waals surface area contributed by atoms with Crippen molar-refractivity contribution >= 4 is 45.3 Å². The fourth-order valence-electron chi connectivity index (χ4n) is 2.59. The molecule has 8 heteroatoms. The van der Waals surface area contributed by atoms with Gasteiger partial charge in [0.1, 0.15) is 16.9 Å². The number of esters is 1. The SMILES string of the molecule is CCCCOC(=O)C(CCC)Sc1cc(NC(=O)c2cccc(F)c2)c(F)cc1Br. The minimum atomic E-state index is -0.645. The minimum absolute atomic E-state index is 0.0513. The average molecular weight is 500 g/mol. The van der Waals surface area contributed by atoms with E-state index in [0.29, 0.717) is 22.4 Å². The molecule has 0 fully saturated rings. The highest BCUT2D eigenvalue weighted by molar-refractivity contribution is 9.10. The number of carbonyl (C=O) groups excluding carboxylic acids is 2. The van der Waals surface area contributed by atoms with Crippen LogP contribution in [-0.4, -0.2) is 23.7 Å². The Morgan fingerprint density at radius 2 is 1.93 bits per heavy atom. The van der Waals surface area contributed by atoms with Crippen LogP contribution in [0, 0.1) is 11.6 Å². The molecule has 30 heavy (non-hydrogen) atoms. The first-order valence-electron chi connectivity index (χ1n) is 9.75. The second kappa shape index (κ2) is 12.1. The molecule has 2 rings (SSSR count). The largest absolute Gasteiger partial charge is 0.465 e. The number of rotatable bonds is 10. The highest BCUT2D eigenvalue weighted by atomic mass is 79.9. The van der Waals surface area contributed by atoms with Crippen molar-refractivity contribution in [2.75, 3.05) is 11.9 Å². The van der Waals surface area contributed by atoms with Crippen LogP contribution in [-0.2, 0) is 9.53 Å². The first-order chi connectivity index (χ1) is 14.3. The Kier molecular flexibility index (Phi) is 9.78. The van der Waals surface area contributed by atoms with E-state index in [1.807, 2.05) is 13.8 Å². The zero-order valence-electron chi connectivity index (χ0n) is 16.8. The molecule has 0 aromatic heterocycles. The summed E-state index contributed by atoms with van der Waals surface area (Å²) in [5.41, 5.74) is 0.0273. The highest BCUT2D eigenvalue weighted by Gasteiger charge is 2.23. The number of benzene rings is 2. The molecule has 1 atom stereocenters. The van der Waals surface area contributed by atoms with Crippen LogP contribution < -0.4 is 5.32 Å². The number of anilines is 1. The summed E-state index contributed by atoms with van der Waals surface area (Å²) in [7, 11) is 0. The number of ether oxygens (including phenoxy) is 1.